The van der Waals surface area contributed by atoms with Gasteiger partial charge in [0.05, 0.1) is 5.01 Å². The maximum atomic E-state index is 11.8. The Hall–Kier alpha value is -1.67. The third-order valence-corrected chi connectivity index (χ3v) is 4.61. The molecule has 0 aromatic carbocycles. The quantitative estimate of drug-likeness (QED) is 0.372. The minimum atomic E-state index is -0.0287. The molecule has 1 heterocycles. The second-order valence-electron chi connectivity index (χ2n) is 6.02. The van der Waals surface area contributed by atoms with Crippen LogP contribution in [0.5, 0.6) is 0 Å². The molecule has 0 saturated heterocycles. The highest BCUT2D eigenvalue weighted by Gasteiger charge is 2.11. The number of nitrogens with one attached hydrogen (secondary N) is 2. The van der Waals surface area contributed by atoms with Crippen LogP contribution in [0.4, 0.5) is 0 Å². The molecule has 0 radical (unpaired) electrons. The molecule has 7 nitrogen and oxygen atoms in total. The predicted molar refractivity (Wildman–Crippen MR) is 103 cm³/mol. The molecule has 1 atom stereocenters. The summed E-state index contributed by atoms with van der Waals surface area (Å²) in [5, 5.41) is 7.66. The number of aryl methyl sites for hydroxylation is 1. The van der Waals surface area contributed by atoms with E-state index in [0.717, 1.165) is 24.6 Å². The van der Waals surface area contributed by atoms with Crippen molar-refractivity contribution >= 4 is 23.2 Å². The van der Waals surface area contributed by atoms with Gasteiger partial charge < -0.3 is 20.3 Å². The molecule has 0 aliphatic heterocycles. The highest BCUT2D eigenvalue weighted by atomic mass is 32.1. The standard InChI is InChI=1S/C17H31N5O2S/c1-6-24-9-7-8-18-17(21-12-15(23)22(4)5)20-10-13(2)16-19-11-14(3)25-16/h11,13H,6-10,12H2,1-5H3,(H2,18,20,21). The molecule has 1 unspecified atom stereocenters. The monoisotopic (exact) mass is 369 g/mol. The SMILES string of the molecule is CCOCCCNC(=NCC(=O)N(C)C)NCC(C)c1ncc(C)s1. The van der Waals surface area contributed by atoms with E-state index in [4.69, 9.17) is 4.74 Å². The van der Waals surface area contributed by atoms with Crippen molar-refractivity contribution in [3.05, 3.63) is 16.1 Å². The average Bonchev–Trinajstić information content (AvgIpc) is 3.02. The van der Waals surface area contributed by atoms with E-state index in [9.17, 15) is 4.79 Å². The van der Waals surface area contributed by atoms with E-state index < -0.39 is 0 Å². The van der Waals surface area contributed by atoms with E-state index in [1.54, 1.807) is 25.4 Å². The number of carbonyl (C=O) groups is 1. The number of rotatable bonds is 10. The number of likely N-dealkylation sites (N-methyl/N-ethyl adjacent to an activating group) is 1. The third kappa shape index (κ3) is 8.83. The number of aliphatic imine (C=N–C) groups is 1. The first-order chi connectivity index (χ1) is 11.9. The number of hydrogen-bond donors (Lipinski definition) is 2. The first kappa shape index (κ1) is 21.4. The van der Waals surface area contributed by atoms with Crippen molar-refractivity contribution in [2.24, 2.45) is 4.99 Å². The zero-order chi connectivity index (χ0) is 18.7. The summed E-state index contributed by atoms with van der Waals surface area (Å²) >= 11 is 1.71. The normalized spacial score (nSPS) is 12.8. The molecule has 2 N–H and O–H groups in total. The number of carbonyl (C=O) groups excluding carboxylic acids is 1. The van der Waals surface area contributed by atoms with Gasteiger partial charge in [0, 0.05) is 57.4 Å². The highest BCUT2D eigenvalue weighted by Crippen LogP contribution is 2.20. The molecule has 1 aromatic rings. The van der Waals surface area contributed by atoms with E-state index in [1.807, 2.05) is 13.1 Å². The minimum Gasteiger partial charge on any atom is -0.382 e. The van der Waals surface area contributed by atoms with Crippen LogP contribution in [0.3, 0.4) is 0 Å². The van der Waals surface area contributed by atoms with Gasteiger partial charge in [0.2, 0.25) is 5.91 Å². The average molecular weight is 370 g/mol. The first-order valence-corrected chi connectivity index (χ1v) is 9.48. The smallest absolute Gasteiger partial charge is 0.243 e. The van der Waals surface area contributed by atoms with Gasteiger partial charge >= 0.3 is 0 Å². The lowest BCUT2D eigenvalue weighted by atomic mass is 10.2. The number of nitrogens with zero attached hydrogens (tertiary/aromatic N) is 3. The van der Waals surface area contributed by atoms with Gasteiger partial charge in [0.15, 0.2) is 5.96 Å². The van der Waals surface area contributed by atoms with Crippen LogP contribution in [0.1, 0.15) is 36.1 Å². The summed E-state index contributed by atoms with van der Waals surface area (Å²) in [6.07, 6.45) is 2.78. The Bertz CT molecular complexity index is 545. The molecule has 0 bridgehead atoms. The Morgan fingerprint density at radius 1 is 1.44 bits per heavy atom. The van der Waals surface area contributed by atoms with Gasteiger partial charge in [0.25, 0.3) is 0 Å². The van der Waals surface area contributed by atoms with Crippen LogP contribution in [0, 0.1) is 6.92 Å². The second kappa shape index (κ2) is 11.8. The summed E-state index contributed by atoms with van der Waals surface area (Å²) < 4.78 is 5.34. The fourth-order valence-corrected chi connectivity index (χ4v) is 2.75. The largest absolute Gasteiger partial charge is 0.382 e. The molecule has 0 spiro atoms. The van der Waals surface area contributed by atoms with Gasteiger partial charge in [0.1, 0.15) is 6.54 Å². The predicted octanol–water partition coefficient (Wildman–Crippen LogP) is 1.61. The van der Waals surface area contributed by atoms with Crippen LogP contribution in [0.25, 0.3) is 0 Å². The molecule has 8 heteroatoms. The maximum absolute atomic E-state index is 11.8. The molecule has 0 fully saturated rings. The molecular weight excluding hydrogens is 338 g/mol. The number of amides is 1. The Kier molecular flexibility index (Phi) is 10.1. The maximum Gasteiger partial charge on any atom is 0.243 e. The molecule has 1 rings (SSSR count). The Labute approximate surface area is 154 Å². The summed E-state index contributed by atoms with van der Waals surface area (Å²) in [7, 11) is 3.46. The lowest BCUT2D eigenvalue weighted by molar-refractivity contribution is -0.127. The zero-order valence-corrected chi connectivity index (χ0v) is 16.8. The van der Waals surface area contributed by atoms with Crippen molar-refractivity contribution in [2.45, 2.75) is 33.1 Å². The lowest BCUT2D eigenvalue weighted by Gasteiger charge is -2.16. The van der Waals surface area contributed by atoms with E-state index in [-0.39, 0.29) is 18.4 Å². The molecule has 142 valence electrons. The van der Waals surface area contributed by atoms with Crippen molar-refractivity contribution in [2.75, 3.05) is 46.9 Å². The van der Waals surface area contributed by atoms with Gasteiger partial charge in [-0.2, -0.15) is 0 Å². The van der Waals surface area contributed by atoms with Crippen LogP contribution in [0.2, 0.25) is 0 Å². The number of hydrogen-bond acceptors (Lipinski definition) is 5. The van der Waals surface area contributed by atoms with E-state index in [2.05, 4.69) is 34.5 Å². The van der Waals surface area contributed by atoms with Gasteiger partial charge in [-0.1, -0.05) is 6.92 Å². The highest BCUT2D eigenvalue weighted by molar-refractivity contribution is 7.11. The Morgan fingerprint density at radius 2 is 2.20 bits per heavy atom. The number of thiazole rings is 1. The van der Waals surface area contributed by atoms with Crippen molar-refractivity contribution in [3.63, 3.8) is 0 Å². The van der Waals surface area contributed by atoms with Crippen LogP contribution in [-0.4, -0.2) is 68.7 Å². The van der Waals surface area contributed by atoms with E-state index in [0.29, 0.717) is 19.1 Å². The molecule has 0 saturated carbocycles. The van der Waals surface area contributed by atoms with Crippen molar-refractivity contribution in [1.82, 2.24) is 20.5 Å². The summed E-state index contributed by atoms with van der Waals surface area (Å²) in [5.41, 5.74) is 0. The second-order valence-corrected chi connectivity index (χ2v) is 7.29. The Balaban J connectivity index is 2.53. The zero-order valence-electron chi connectivity index (χ0n) is 16.0. The number of ether oxygens (including phenoxy) is 1. The summed E-state index contributed by atoms with van der Waals surface area (Å²) in [5.74, 6) is 0.893. The van der Waals surface area contributed by atoms with Gasteiger partial charge in [-0.05, 0) is 20.3 Å². The van der Waals surface area contributed by atoms with Gasteiger partial charge in [-0.15, -0.1) is 11.3 Å². The van der Waals surface area contributed by atoms with Crippen LogP contribution < -0.4 is 10.6 Å². The Morgan fingerprint density at radius 3 is 2.80 bits per heavy atom. The van der Waals surface area contributed by atoms with E-state index >= 15 is 0 Å². The fourth-order valence-electron chi connectivity index (χ4n) is 1.92. The molecule has 0 aliphatic rings. The number of guanidine groups is 1. The van der Waals surface area contributed by atoms with Crippen molar-refractivity contribution in [1.29, 1.82) is 0 Å². The van der Waals surface area contributed by atoms with Crippen molar-refractivity contribution < 1.29 is 9.53 Å². The summed E-state index contributed by atoms with van der Waals surface area (Å²) in [6, 6.07) is 0. The molecule has 0 aliphatic carbocycles. The van der Waals surface area contributed by atoms with Crippen LogP contribution in [-0.2, 0) is 9.53 Å². The van der Waals surface area contributed by atoms with Crippen molar-refractivity contribution in [3.8, 4) is 0 Å². The molecular formula is C17H31N5O2S. The van der Waals surface area contributed by atoms with Crippen LogP contribution in [0.15, 0.2) is 11.2 Å². The molecule has 25 heavy (non-hydrogen) atoms. The summed E-state index contributed by atoms with van der Waals surface area (Å²) in [4.78, 5) is 23.3. The fraction of sp³-hybridized carbons (Fsp3) is 0.706. The molecule has 1 amide bonds. The number of aromatic nitrogens is 1. The minimum absolute atomic E-state index is 0.0287. The first-order valence-electron chi connectivity index (χ1n) is 8.66. The van der Waals surface area contributed by atoms with E-state index in [1.165, 1.54) is 9.78 Å². The third-order valence-electron chi connectivity index (χ3n) is 3.47. The van der Waals surface area contributed by atoms with Gasteiger partial charge in [-0.25, -0.2) is 9.98 Å². The molecule has 1 aromatic heterocycles. The van der Waals surface area contributed by atoms with Crippen LogP contribution >= 0.6 is 11.3 Å². The summed E-state index contributed by atoms with van der Waals surface area (Å²) in [6.45, 7) is 9.18. The lowest BCUT2D eigenvalue weighted by Crippen LogP contribution is -2.40. The van der Waals surface area contributed by atoms with Gasteiger partial charge in [-0.3, -0.25) is 4.79 Å². The topological polar surface area (TPSA) is 78.8 Å².